The van der Waals surface area contributed by atoms with E-state index in [1.165, 1.54) is 4.90 Å². The summed E-state index contributed by atoms with van der Waals surface area (Å²) in [5, 5.41) is 3.37. The number of nitrogens with zero attached hydrogens (tertiary/aromatic N) is 3. The molecule has 0 saturated heterocycles. The van der Waals surface area contributed by atoms with Gasteiger partial charge >= 0.3 is 0 Å². The third kappa shape index (κ3) is 4.64. The van der Waals surface area contributed by atoms with Gasteiger partial charge in [-0.2, -0.15) is 0 Å². The van der Waals surface area contributed by atoms with E-state index in [1.54, 1.807) is 61.1 Å². The summed E-state index contributed by atoms with van der Waals surface area (Å²) in [7, 11) is 3.33. The van der Waals surface area contributed by atoms with Crippen LogP contribution in [0.1, 0.15) is 35.4 Å². The van der Waals surface area contributed by atoms with Gasteiger partial charge in [-0.25, -0.2) is 4.98 Å². The minimum atomic E-state index is -0.291. The topological polar surface area (TPSA) is 93.5 Å². The Balaban J connectivity index is 1.49. The molecule has 166 valence electrons. The molecular formula is C24H26N4O4. The standard InChI is InChI=1S/C24H26N4O4/c1-27(2)22(29)15-32-18-10-8-17(9-11-18)25-23(30)16-7-12-19-20(14-16)26-21-6-4-3-5-13-28(21)24(19)31/h7-12,14H,3-6,13,15H2,1-2H3,(H,25,30). The highest BCUT2D eigenvalue weighted by Crippen LogP contribution is 2.19. The molecule has 2 amide bonds. The Hall–Kier alpha value is -3.68. The first-order chi connectivity index (χ1) is 15.4. The summed E-state index contributed by atoms with van der Waals surface area (Å²) in [5.41, 5.74) is 1.53. The molecule has 0 aliphatic carbocycles. The van der Waals surface area contributed by atoms with Crippen molar-refractivity contribution in [3.63, 3.8) is 0 Å². The molecule has 0 atom stereocenters. The molecule has 1 N–H and O–H groups in total. The molecular weight excluding hydrogens is 408 g/mol. The van der Waals surface area contributed by atoms with Crippen molar-refractivity contribution >= 4 is 28.4 Å². The predicted molar refractivity (Wildman–Crippen MR) is 122 cm³/mol. The molecule has 0 fully saturated rings. The Bertz CT molecular complexity index is 1220. The van der Waals surface area contributed by atoms with Crippen molar-refractivity contribution in [2.75, 3.05) is 26.0 Å². The smallest absolute Gasteiger partial charge is 0.261 e. The summed E-state index contributed by atoms with van der Waals surface area (Å²) >= 11 is 0. The molecule has 0 radical (unpaired) electrons. The van der Waals surface area contributed by atoms with E-state index >= 15 is 0 Å². The van der Waals surface area contributed by atoms with Gasteiger partial charge in [-0.3, -0.25) is 19.0 Å². The van der Waals surface area contributed by atoms with E-state index in [4.69, 9.17) is 4.74 Å². The summed E-state index contributed by atoms with van der Waals surface area (Å²) in [6, 6.07) is 11.8. The van der Waals surface area contributed by atoms with E-state index in [2.05, 4.69) is 10.3 Å². The molecule has 0 spiro atoms. The Kier molecular flexibility index (Phi) is 6.20. The fraction of sp³-hybridized carbons (Fsp3) is 0.333. The van der Waals surface area contributed by atoms with Gasteiger partial charge in [-0.1, -0.05) is 6.42 Å². The van der Waals surface area contributed by atoms with Crippen LogP contribution in [0.3, 0.4) is 0 Å². The molecule has 2 heterocycles. The van der Waals surface area contributed by atoms with Gasteiger partial charge in [0, 0.05) is 38.3 Å². The van der Waals surface area contributed by atoms with Gasteiger partial charge in [0.05, 0.1) is 10.9 Å². The quantitative estimate of drug-likeness (QED) is 0.667. The average molecular weight is 434 g/mol. The normalized spacial score (nSPS) is 13.2. The number of carbonyl (C=O) groups excluding carboxylic acids is 2. The van der Waals surface area contributed by atoms with Crippen molar-refractivity contribution in [3.8, 4) is 5.75 Å². The number of ether oxygens (including phenoxy) is 1. The van der Waals surface area contributed by atoms with E-state index in [0.717, 1.165) is 31.5 Å². The summed E-state index contributed by atoms with van der Waals surface area (Å²) in [6.45, 7) is 0.648. The molecule has 8 nitrogen and oxygen atoms in total. The fourth-order valence-electron chi connectivity index (χ4n) is 3.67. The molecule has 4 rings (SSSR count). The zero-order valence-electron chi connectivity index (χ0n) is 18.3. The van der Waals surface area contributed by atoms with E-state index in [-0.39, 0.29) is 24.0 Å². The third-order valence-electron chi connectivity index (χ3n) is 5.55. The SMILES string of the molecule is CN(C)C(=O)COc1ccc(NC(=O)c2ccc3c(=O)n4c(nc3c2)CCCCC4)cc1. The van der Waals surface area contributed by atoms with Gasteiger partial charge in [-0.05, 0) is 55.3 Å². The van der Waals surface area contributed by atoms with Gasteiger partial charge in [-0.15, -0.1) is 0 Å². The first kappa shape index (κ1) is 21.5. The predicted octanol–water partition coefficient (Wildman–Crippen LogP) is 2.84. The fourth-order valence-corrected chi connectivity index (χ4v) is 3.67. The number of hydrogen-bond donors (Lipinski definition) is 1. The van der Waals surface area contributed by atoms with E-state index in [0.29, 0.717) is 34.4 Å². The highest BCUT2D eigenvalue weighted by Gasteiger charge is 2.15. The lowest BCUT2D eigenvalue weighted by Crippen LogP contribution is -2.27. The van der Waals surface area contributed by atoms with Crippen LogP contribution in [0.5, 0.6) is 5.75 Å². The maximum atomic E-state index is 12.8. The number of fused-ring (bicyclic) bond motifs is 2. The van der Waals surface area contributed by atoms with Crippen LogP contribution in [0.4, 0.5) is 5.69 Å². The average Bonchev–Trinajstić information content (AvgIpc) is 3.03. The number of aromatic nitrogens is 2. The molecule has 0 bridgehead atoms. The Morgan fingerprint density at radius 2 is 1.88 bits per heavy atom. The van der Waals surface area contributed by atoms with Crippen LogP contribution < -0.4 is 15.6 Å². The number of aryl methyl sites for hydroxylation is 1. The Labute approximate surface area is 185 Å². The molecule has 2 aromatic carbocycles. The van der Waals surface area contributed by atoms with Crippen molar-refractivity contribution in [2.24, 2.45) is 0 Å². The lowest BCUT2D eigenvalue weighted by Gasteiger charge is -2.12. The number of benzene rings is 2. The molecule has 1 aromatic heterocycles. The summed E-state index contributed by atoms with van der Waals surface area (Å²) < 4.78 is 7.21. The second-order valence-corrected chi connectivity index (χ2v) is 8.08. The zero-order chi connectivity index (χ0) is 22.7. The van der Waals surface area contributed by atoms with E-state index in [1.807, 2.05) is 0 Å². The Morgan fingerprint density at radius 3 is 2.62 bits per heavy atom. The lowest BCUT2D eigenvalue weighted by atomic mass is 10.1. The van der Waals surface area contributed by atoms with Gasteiger partial charge < -0.3 is 15.0 Å². The zero-order valence-corrected chi connectivity index (χ0v) is 18.3. The third-order valence-corrected chi connectivity index (χ3v) is 5.55. The van der Waals surface area contributed by atoms with Crippen LogP contribution in [-0.4, -0.2) is 47.0 Å². The van der Waals surface area contributed by atoms with E-state index < -0.39 is 0 Å². The second-order valence-electron chi connectivity index (χ2n) is 8.08. The van der Waals surface area contributed by atoms with Crippen molar-refractivity contribution in [3.05, 3.63) is 64.2 Å². The number of carbonyl (C=O) groups is 2. The number of rotatable bonds is 5. The maximum Gasteiger partial charge on any atom is 0.261 e. The molecule has 1 aliphatic rings. The number of nitrogens with one attached hydrogen (secondary N) is 1. The highest BCUT2D eigenvalue weighted by molar-refractivity contribution is 6.06. The summed E-state index contributed by atoms with van der Waals surface area (Å²) in [6.07, 6.45) is 3.86. The Morgan fingerprint density at radius 1 is 1.09 bits per heavy atom. The van der Waals surface area contributed by atoms with Gasteiger partial charge in [0.25, 0.3) is 17.4 Å². The van der Waals surface area contributed by atoms with Crippen LogP contribution in [0.2, 0.25) is 0 Å². The number of amides is 2. The highest BCUT2D eigenvalue weighted by atomic mass is 16.5. The number of hydrogen-bond acceptors (Lipinski definition) is 5. The summed E-state index contributed by atoms with van der Waals surface area (Å²) in [5.74, 6) is 0.902. The lowest BCUT2D eigenvalue weighted by molar-refractivity contribution is -0.130. The minimum absolute atomic E-state index is 0.0396. The molecule has 3 aromatic rings. The van der Waals surface area contributed by atoms with Crippen LogP contribution in [0.15, 0.2) is 47.3 Å². The first-order valence-electron chi connectivity index (χ1n) is 10.7. The number of anilines is 1. The minimum Gasteiger partial charge on any atom is -0.484 e. The summed E-state index contributed by atoms with van der Waals surface area (Å²) in [4.78, 5) is 43.4. The first-order valence-corrected chi connectivity index (χ1v) is 10.7. The molecule has 32 heavy (non-hydrogen) atoms. The number of likely N-dealkylation sites (N-methyl/N-ethyl adjacent to an activating group) is 1. The van der Waals surface area contributed by atoms with Crippen LogP contribution in [0, 0.1) is 0 Å². The van der Waals surface area contributed by atoms with Gasteiger partial charge in [0.2, 0.25) is 0 Å². The largest absolute Gasteiger partial charge is 0.484 e. The molecule has 1 aliphatic heterocycles. The van der Waals surface area contributed by atoms with Gasteiger partial charge in [0.1, 0.15) is 11.6 Å². The monoisotopic (exact) mass is 434 g/mol. The van der Waals surface area contributed by atoms with Gasteiger partial charge in [0.15, 0.2) is 6.61 Å². The van der Waals surface area contributed by atoms with Crippen molar-refractivity contribution in [1.29, 1.82) is 0 Å². The molecule has 8 heteroatoms. The van der Waals surface area contributed by atoms with E-state index in [9.17, 15) is 14.4 Å². The maximum absolute atomic E-state index is 12.8. The van der Waals surface area contributed by atoms with Crippen LogP contribution in [-0.2, 0) is 17.8 Å². The molecule has 0 unspecified atom stereocenters. The van der Waals surface area contributed by atoms with Crippen LogP contribution in [0.25, 0.3) is 10.9 Å². The van der Waals surface area contributed by atoms with Crippen molar-refractivity contribution in [1.82, 2.24) is 14.5 Å². The van der Waals surface area contributed by atoms with Crippen LogP contribution >= 0.6 is 0 Å². The molecule has 0 saturated carbocycles. The second kappa shape index (κ2) is 9.21. The van der Waals surface area contributed by atoms with Crippen molar-refractivity contribution in [2.45, 2.75) is 32.2 Å². The van der Waals surface area contributed by atoms with Crippen molar-refractivity contribution < 1.29 is 14.3 Å².